The zero-order valence-electron chi connectivity index (χ0n) is 15.2. The molecule has 2 atom stereocenters. The zero-order valence-corrected chi connectivity index (χ0v) is 16.0. The lowest BCUT2D eigenvalue weighted by Crippen LogP contribution is -2.32. The molecule has 6 heteroatoms. The molecule has 1 aliphatic heterocycles. The molecule has 1 saturated carbocycles. The summed E-state index contributed by atoms with van der Waals surface area (Å²) in [6.45, 7) is 1.42. The summed E-state index contributed by atoms with van der Waals surface area (Å²) in [6, 6.07) is 9.13. The lowest BCUT2D eigenvalue weighted by atomic mass is 9.99. The van der Waals surface area contributed by atoms with E-state index in [1.165, 1.54) is 31.2 Å². The molecule has 2 aromatic rings. The average Bonchev–Trinajstić information content (AvgIpc) is 3.40. The van der Waals surface area contributed by atoms with Crippen molar-refractivity contribution >= 4 is 17.3 Å². The molecule has 4 rings (SSSR count). The van der Waals surface area contributed by atoms with E-state index in [1.807, 2.05) is 18.3 Å². The monoisotopic (exact) mass is 370 g/mol. The Labute approximate surface area is 160 Å². The summed E-state index contributed by atoms with van der Waals surface area (Å²) in [6.07, 6.45) is 11.6. The molecule has 1 N–H and O–H groups in total. The van der Waals surface area contributed by atoms with Crippen molar-refractivity contribution in [2.45, 2.75) is 43.8 Å². The van der Waals surface area contributed by atoms with E-state index in [9.17, 15) is 0 Å². The van der Waals surface area contributed by atoms with Gasteiger partial charge in [0, 0.05) is 38.3 Å². The van der Waals surface area contributed by atoms with Crippen LogP contribution >= 0.6 is 12.2 Å². The highest BCUT2D eigenvalue weighted by molar-refractivity contribution is 7.80. The maximum Gasteiger partial charge on any atom is 0.170 e. The van der Waals surface area contributed by atoms with Crippen molar-refractivity contribution in [3.63, 3.8) is 0 Å². The maximum absolute atomic E-state index is 5.65. The molecule has 0 bridgehead atoms. The van der Waals surface area contributed by atoms with Crippen molar-refractivity contribution in [2.75, 3.05) is 20.3 Å². The van der Waals surface area contributed by atoms with Crippen LogP contribution in [-0.4, -0.2) is 39.8 Å². The average molecular weight is 371 g/mol. The fourth-order valence-electron chi connectivity index (χ4n) is 4.23. The second kappa shape index (κ2) is 7.76. The van der Waals surface area contributed by atoms with E-state index in [1.54, 1.807) is 7.11 Å². The van der Waals surface area contributed by atoms with E-state index in [0.717, 1.165) is 17.4 Å². The zero-order chi connectivity index (χ0) is 17.9. The first-order valence-electron chi connectivity index (χ1n) is 9.42. The van der Waals surface area contributed by atoms with Gasteiger partial charge < -0.3 is 19.5 Å². The lowest BCUT2D eigenvalue weighted by Gasteiger charge is -2.27. The van der Waals surface area contributed by atoms with Gasteiger partial charge in [0.05, 0.1) is 24.4 Å². The summed E-state index contributed by atoms with van der Waals surface area (Å²) in [4.78, 5) is 6.83. The molecule has 5 nitrogen and oxygen atoms in total. The topological polar surface area (TPSA) is 42.3 Å². The highest BCUT2D eigenvalue weighted by atomic mass is 32.1. The van der Waals surface area contributed by atoms with Crippen molar-refractivity contribution in [3.05, 3.63) is 54.1 Å². The highest BCUT2D eigenvalue weighted by Gasteiger charge is 2.40. The summed E-state index contributed by atoms with van der Waals surface area (Å²) >= 11 is 5.65. The minimum atomic E-state index is 0.0555. The Hall–Kier alpha value is -1.92. The second-order valence-electron chi connectivity index (χ2n) is 7.14. The maximum atomic E-state index is 5.65. The van der Waals surface area contributed by atoms with Crippen LogP contribution < -0.4 is 5.32 Å². The van der Waals surface area contributed by atoms with Crippen molar-refractivity contribution in [2.24, 2.45) is 0 Å². The number of nitrogens with one attached hydrogen (secondary N) is 1. The number of aromatic nitrogens is 2. The first-order chi connectivity index (χ1) is 12.8. The third kappa shape index (κ3) is 3.35. The van der Waals surface area contributed by atoms with Crippen LogP contribution in [0.3, 0.4) is 0 Å². The van der Waals surface area contributed by atoms with Crippen LogP contribution in [0.25, 0.3) is 0 Å². The van der Waals surface area contributed by atoms with Gasteiger partial charge in [-0.05, 0) is 48.8 Å². The number of hydrogen-bond donors (Lipinski definition) is 1. The van der Waals surface area contributed by atoms with Gasteiger partial charge in [-0.3, -0.25) is 4.98 Å². The third-order valence-corrected chi connectivity index (χ3v) is 5.91. The molecule has 2 aliphatic rings. The highest BCUT2D eigenvalue weighted by Crippen LogP contribution is 2.39. The molecule has 2 aromatic heterocycles. The Kier molecular flexibility index (Phi) is 5.22. The molecule has 1 saturated heterocycles. The number of hydrogen-bond acceptors (Lipinski definition) is 3. The Bertz CT molecular complexity index is 741. The molecule has 138 valence electrons. The SMILES string of the molecule is COCCN1C(=S)N[C@@H](c2ccccn2)[C@H]1c1ccn(C2CCCC2)c1. The fourth-order valence-corrected chi connectivity index (χ4v) is 4.57. The molecule has 3 heterocycles. The van der Waals surface area contributed by atoms with Gasteiger partial charge in [0.2, 0.25) is 0 Å². The van der Waals surface area contributed by atoms with Gasteiger partial charge in [-0.15, -0.1) is 0 Å². The minimum Gasteiger partial charge on any atom is -0.383 e. The lowest BCUT2D eigenvalue weighted by molar-refractivity contribution is 0.164. The van der Waals surface area contributed by atoms with Crippen molar-refractivity contribution in [1.82, 2.24) is 19.8 Å². The predicted molar refractivity (Wildman–Crippen MR) is 106 cm³/mol. The Morgan fingerprint density at radius 3 is 2.85 bits per heavy atom. The smallest absolute Gasteiger partial charge is 0.170 e. The Morgan fingerprint density at radius 2 is 2.12 bits per heavy atom. The van der Waals surface area contributed by atoms with Crippen molar-refractivity contribution < 1.29 is 4.74 Å². The number of rotatable bonds is 6. The van der Waals surface area contributed by atoms with Crippen LogP contribution in [0.1, 0.15) is 55.1 Å². The van der Waals surface area contributed by atoms with Crippen LogP contribution in [0.2, 0.25) is 0 Å². The molecule has 1 aliphatic carbocycles. The molecular weight excluding hydrogens is 344 g/mol. The first-order valence-corrected chi connectivity index (χ1v) is 9.83. The van der Waals surface area contributed by atoms with Gasteiger partial charge in [-0.2, -0.15) is 0 Å². The predicted octanol–water partition coefficient (Wildman–Crippen LogP) is 3.62. The largest absolute Gasteiger partial charge is 0.383 e. The summed E-state index contributed by atoms with van der Waals surface area (Å²) in [5.74, 6) is 0. The number of pyridine rings is 1. The van der Waals surface area contributed by atoms with Gasteiger partial charge in [0.15, 0.2) is 5.11 Å². The summed E-state index contributed by atoms with van der Waals surface area (Å²) in [5.41, 5.74) is 2.31. The summed E-state index contributed by atoms with van der Waals surface area (Å²) in [5, 5.41) is 4.26. The van der Waals surface area contributed by atoms with Crippen LogP contribution in [-0.2, 0) is 4.74 Å². The van der Waals surface area contributed by atoms with Gasteiger partial charge in [0.25, 0.3) is 0 Å². The van der Waals surface area contributed by atoms with Crippen LogP contribution in [0.4, 0.5) is 0 Å². The number of ether oxygens (including phenoxy) is 1. The van der Waals surface area contributed by atoms with Gasteiger partial charge in [0.1, 0.15) is 0 Å². The molecule has 0 aromatic carbocycles. The van der Waals surface area contributed by atoms with E-state index in [2.05, 4.69) is 44.3 Å². The standard InChI is InChI=1S/C20H26N4OS/c1-25-13-12-24-19(15-9-11-23(14-15)16-6-2-3-7-16)18(22-20(24)26)17-8-4-5-10-21-17/h4-5,8-11,14,16,18-19H,2-3,6-7,12-13H2,1H3,(H,22,26)/t18-,19+/m0/s1. The normalized spacial score (nSPS) is 23.6. The minimum absolute atomic E-state index is 0.0555. The molecule has 26 heavy (non-hydrogen) atoms. The number of methoxy groups -OCH3 is 1. The van der Waals surface area contributed by atoms with E-state index in [4.69, 9.17) is 17.0 Å². The van der Waals surface area contributed by atoms with E-state index in [0.29, 0.717) is 12.6 Å². The fraction of sp³-hybridized carbons (Fsp3) is 0.500. The van der Waals surface area contributed by atoms with Gasteiger partial charge >= 0.3 is 0 Å². The molecule has 0 unspecified atom stereocenters. The van der Waals surface area contributed by atoms with E-state index in [-0.39, 0.29) is 12.1 Å². The Balaban J connectivity index is 1.66. The van der Waals surface area contributed by atoms with E-state index < -0.39 is 0 Å². The van der Waals surface area contributed by atoms with Crippen LogP contribution in [0.15, 0.2) is 42.9 Å². The third-order valence-electron chi connectivity index (χ3n) is 5.56. The van der Waals surface area contributed by atoms with Gasteiger partial charge in [-0.1, -0.05) is 18.9 Å². The van der Waals surface area contributed by atoms with Crippen LogP contribution in [0, 0.1) is 0 Å². The van der Waals surface area contributed by atoms with E-state index >= 15 is 0 Å². The Morgan fingerprint density at radius 1 is 1.27 bits per heavy atom. The quantitative estimate of drug-likeness (QED) is 0.787. The van der Waals surface area contributed by atoms with Crippen LogP contribution in [0.5, 0.6) is 0 Å². The first kappa shape index (κ1) is 17.5. The summed E-state index contributed by atoms with van der Waals surface area (Å²) < 4.78 is 7.71. The molecule has 0 radical (unpaired) electrons. The van der Waals surface area contributed by atoms with Gasteiger partial charge in [-0.25, -0.2) is 0 Å². The molecular formula is C20H26N4OS. The molecule has 0 amide bonds. The molecule has 2 fully saturated rings. The van der Waals surface area contributed by atoms with Crippen molar-refractivity contribution in [1.29, 1.82) is 0 Å². The number of nitrogens with zero attached hydrogens (tertiary/aromatic N) is 3. The second-order valence-corrected chi connectivity index (χ2v) is 7.53. The number of thiocarbonyl (C=S) groups is 1. The van der Waals surface area contributed by atoms with Crippen molar-refractivity contribution in [3.8, 4) is 0 Å². The molecule has 0 spiro atoms. The summed E-state index contributed by atoms with van der Waals surface area (Å²) in [7, 11) is 1.73.